The Labute approximate surface area is 54.2 Å². The summed E-state index contributed by atoms with van der Waals surface area (Å²) in [5.41, 5.74) is 0.886. The maximum atomic E-state index is 4.61. The number of hydrogen-bond acceptors (Lipinski definition) is 2. The highest BCUT2D eigenvalue weighted by Gasteiger charge is 1.84. The summed E-state index contributed by atoms with van der Waals surface area (Å²) in [7, 11) is 0. The molecule has 2 nitrogen and oxygen atoms in total. The average Bonchev–Trinajstić information content (AvgIpc) is 2.34. The van der Waals surface area contributed by atoms with E-state index in [-0.39, 0.29) is 0 Å². The lowest BCUT2D eigenvalue weighted by Crippen LogP contribution is -1.65. The molecule has 0 N–H and O–H groups in total. The summed E-state index contributed by atoms with van der Waals surface area (Å²) < 4.78 is 4.61. The predicted molar refractivity (Wildman–Crippen MR) is 35.8 cm³/mol. The van der Waals surface area contributed by atoms with E-state index in [4.69, 9.17) is 0 Å². The summed E-state index contributed by atoms with van der Waals surface area (Å²) in [5.74, 6) is 0. The Morgan fingerprint density at radius 3 is 3.22 bits per heavy atom. The first-order chi connectivity index (χ1) is 4.43. The molecule has 0 aliphatic rings. The van der Waals surface area contributed by atoms with Crippen molar-refractivity contribution in [3.05, 3.63) is 24.1 Å². The topological polar surface area (TPSA) is 26.0 Å². The predicted octanol–water partition coefficient (Wildman–Crippen LogP) is 2.10. The van der Waals surface area contributed by atoms with Gasteiger partial charge in [0.15, 0.2) is 0 Å². The van der Waals surface area contributed by atoms with Gasteiger partial charge < -0.3 is 4.52 Å². The zero-order valence-electron chi connectivity index (χ0n) is 5.37. The molecule has 0 saturated heterocycles. The number of aromatic nitrogens is 1. The second kappa shape index (κ2) is 3.07. The fourth-order valence-electron chi connectivity index (χ4n) is 0.546. The normalized spacial score (nSPS) is 10.8. The lowest BCUT2D eigenvalue weighted by molar-refractivity contribution is 0.418. The molecule has 1 heterocycles. The van der Waals surface area contributed by atoms with Gasteiger partial charge in [0, 0.05) is 6.07 Å². The summed E-state index contributed by atoms with van der Waals surface area (Å²) >= 11 is 0. The minimum Gasteiger partial charge on any atom is -0.364 e. The van der Waals surface area contributed by atoms with E-state index in [9.17, 15) is 0 Å². The third-order valence-corrected chi connectivity index (χ3v) is 0.982. The van der Waals surface area contributed by atoms with Crippen LogP contribution < -0.4 is 0 Å². The maximum absolute atomic E-state index is 4.61. The van der Waals surface area contributed by atoms with Crippen LogP contribution >= 0.6 is 0 Å². The van der Waals surface area contributed by atoms with Crippen molar-refractivity contribution in [3.8, 4) is 0 Å². The molecule has 0 spiro atoms. The lowest BCUT2D eigenvalue weighted by Gasteiger charge is -1.75. The minimum absolute atomic E-state index is 0.886. The fraction of sp³-hybridized carbons (Fsp3) is 0.286. The van der Waals surface area contributed by atoms with Crippen LogP contribution in [0.5, 0.6) is 0 Å². The summed E-state index contributed by atoms with van der Waals surface area (Å²) in [6, 6.07) is 1.83. The van der Waals surface area contributed by atoms with Gasteiger partial charge in [-0.2, -0.15) is 0 Å². The number of nitrogens with zero attached hydrogens (tertiary/aromatic N) is 1. The van der Waals surface area contributed by atoms with E-state index < -0.39 is 0 Å². The molecule has 1 aromatic heterocycles. The molecule has 0 saturated carbocycles. The summed E-state index contributed by atoms with van der Waals surface area (Å²) in [6.45, 7) is 2.08. The molecule has 0 aliphatic heterocycles. The van der Waals surface area contributed by atoms with Crippen LogP contribution in [0.3, 0.4) is 0 Å². The molecule has 1 rings (SSSR count). The van der Waals surface area contributed by atoms with E-state index in [0.29, 0.717) is 0 Å². The number of hydrogen-bond donors (Lipinski definition) is 0. The molecular weight excluding hydrogens is 114 g/mol. The molecule has 1 aromatic rings. The third kappa shape index (κ3) is 1.72. The van der Waals surface area contributed by atoms with Crippen molar-refractivity contribution in [2.75, 3.05) is 0 Å². The molecule has 48 valence electrons. The molecule has 0 unspecified atom stereocenters. The Balaban J connectivity index is 2.57. The zero-order chi connectivity index (χ0) is 6.53. The highest BCUT2D eigenvalue weighted by molar-refractivity contribution is 5.42. The Hall–Kier alpha value is -1.05. The van der Waals surface area contributed by atoms with Crippen molar-refractivity contribution >= 4 is 6.08 Å². The van der Waals surface area contributed by atoms with Gasteiger partial charge in [-0.1, -0.05) is 18.2 Å². The van der Waals surface area contributed by atoms with E-state index in [2.05, 4.69) is 16.6 Å². The van der Waals surface area contributed by atoms with Gasteiger partial charge in [0.1, 0.15) is 12.0 Å². The minimum atomic E-state index is 0.886. The van der Waals surface area contributed by atoms with Gasteiger partial charge in [-0.15, -0.1) is 0 Å². The van der Waals surface area contributed by atoms with Crippen molar-refractivity contribution in [2.24, 2.45) is 0 Å². The van der Waals surface area contributed by atoms with Crippen molar-refractivity contribution in [3.63, 3.8) is 0 Å². The largest absolute Gasteiger partial charge is 0.364 e. The second-order valence-corrected chi connectivity index (χ2v) is 1.73. The van der Waals surface area contributed by atoms with Gasteiger partial charge in [-0.05, 0) is 12.5 Å². The molecule has 0 radical (unpaired) electrons. The SMILES string of the molecule is CCC=Cc1ccon1. The van der Waals surface area contributed by atoms with Crippen molar-refractivity contribution in [2.45, 2.75) is 13.3 Å². The van der Waals surface area contributed by atoms with Crippen molar-refractivity contribution in [1.29, 1.82) is 0 Å². The van der Waals surface area contributed by atoms with Crippen LogP contribution in [0.1, 0.15) is 19.0 Å². The van der Waals surface area contributed by atoms with Crippen molar-refractivity contribution in [1.82, 2.24) is 5.16 Å². The van der Waals surface area contributed by atoms with Crippen LogP contribution in [-0.4, -0.2) is 5.16 Å². The second-order valence-electron chi connectivity index (χ2n) is 1.73. The Morgan fingerprint density at radius 1 is 1.78 bits per heavy atom. The third-order valence-electron chi connectivity index (χ3n) is 0.982. The molecule has 0 fully saturated rings. The van der Waals surface area contributed by atoms with Gasteiger partial charge in [-0.25, -0.2) is 0 Å². The molecule has 2 heteroatoms. The summed E-state index contributed by atoms with van der Waals surface area (Å²) in [4.78, 5) is 0. The maximum Gasteiger partial charge on any atom is 0.124 e. The first-order valence-corrected chi connectivity index (χ1v) is 3.00. The molecule has 0 amide bonds. The highest BCUT2D eigenvalue weighted by Crippen LogP contribution is 1.97. The molecule has 0 atom stereocenters. The van der Waals surface area contributed by atoms with Gasteiger partial charge in [-0.3, -0.25) is 0 Å². The number of rotatable bonds is 2. The van der Waals surface area contributed by atoms with E-state index in [1.165, 1.54) is 0 Å². The quantitative estimate of drug-likeness (QED) is 0.601. The Morgan fingerprint density at radius 2 is 2.67 bits per heavy atom. The van der Waals surface area contributed by atoms with Crippen LogP contribution in [0, 0.1) is 0 Å². The van der Waals surface area contributed by atoms with Gasteiger partial charge in [0.25, 0.3) is 0 Å². The average molecular weight is 123 g/mol. The first kappa shape index (κ1) is 6.08. The van der Waals surface area contributed by atoms with Crippen LogP contribution in [0.2, 0.25) is 0 Å². The smallest absolute Gasteiger partial charge is 0.124 e. The van der Waals surface area contributed by atoms with Gasteiger partial charge >= 0.3 is 0 Å². The van der Waals surface area contributed by atoms with E-state index in [0.717, 1.165) is 12.1 Å². The number of allylic oxidation sites excluding steroid dienone is 1. The van der Waals surface area contributed by atoms with Crippen LogP contribution in [0.4, 0.5) is 0 Å². The fourth-order valence-corrected chi connectivity index (χ4v) is 0.546. The van der Waals surface area contributed by atoms with E-state index in [1.807, 2.05) is 18.2 Å². The molecule has 9 heavy (non-hydrogen) atoms. The van der Waals surface area contributed by atoms with Crippen LogP contribution in [0.15, 0.2) is 22.9 Å². The molecule has 0 aromatic carbocycles. The van der Waals surface area contributed by atoms with Crippen LogP contribution in [0.25, 0.3) is 6.08 Å². The molecule has 0 aliphatic carbocycles. The van der Waals surface area contributed by atoms with Gasteiger partial charge in [0.05, 0.1) is 0 Å². The highest BCUT2D eigenvalue weighted by atomic mass is 16.5. The lowest BCUT2D eigenvalue weighted by atomic mass is 10.3. The summed E-state index contributed by atoms with van der Waals surface area (Å²) in [5, 5.41) is 3.69. The monoisotopic (exact) mass is 123 g/mol. The summed E-state index contributed by atoms with van der Waals surface area (Å²) in [6.07, 6.45) is 6.57. The van der Waals surface area contributed by atoms with E-state index >= 15 is 0 Å². The van der Waals surface area contributed by atoms with E-state index in [1.54, 1.807) is 6.26 Å². The Bertz CT molecular complexity index is 177. The first-order valence-electron chi connectivity index (χ1n) is 3.00. The molecular formula is C7H9NO. The molecule has 0 bridgehead atoms. The van der Waals surface area contributed by atoms with Crippen molar-refractivity contribution < 1.29 is 4.52 Å². The van der Waals surface area contributed by atoms with Crippen LogP contribution in [-0.2, 0) is 0 Å². The Kier molecular flexibility index (Phi) is 2.07. The zero-order valence-corrected chi connectivity index (χ0v) is 5.37. The van der Waals surface area contributed by atoms with Gasteiger partial charge in [0.2, 0.25) is 0 Å². The standard InChI is InChI=1S/C7H9NO/c1-2-3-4-7-5-6-9-8-7/h3-6H,2H2,1H3.